The van der Waals surface area contributed by atoms with E-state index in [9.17, 15) is 32.8 Å². The Morgan fingerprint density at radius 1 is 1.16 bits per heavy atom. The lowest BCUT2D eigenvalue weighted by atomic mass is 9.77. The van der Waals surface area contributed by atoms with Gasteiger partial charge in [0.15, 0.2) is 5.78 Å². The van der Waals surface area contributed by atoms with Crippen LogP contribution in [0.1, 0.15) is 62.2 Å². The number of nitrogens with zero attached hydrogens (tertiary/aromatic N) is 5. The summed E-state index contributed by atoms with van der Waals surface area (Å²) in [7, 11) is 0. The molecular weight excluding hydrogens is 583 g/mol. The largest absolute Gasteiger partial charge is 0.298 e. The Kier molecular flexibility index (Phi) is 8.78. The monoisotopic (exact) mass is 609 g/mol. The number of nitriles is 1. The molecule has 1 aliphatic carbocycles. The minimum absolute atomic E-state index is 0.0207. The molecule has 43 heavy (non-hydrogen) atoms. The van der Waals surface area contributed by atoms with Crippen molar-refractivity contribution in [1.82, 2.24) is 9.97 Å². The maximum atomic E-state index is 14.5. The third-order valence-electron chi connectivity index (χ3n) is 7.80. The molecule has 3 aromatic rings. The number of anilines is 2. The van der Waals surface area contributed by atoms with Crippen LogP contribution in [-0.4, -0.2) is 39.5 Å². The molecule has 1 saturated heterocycles. The zero-order valence-corrected chi connectivity index (χ0v) is 23.7. The summed E-state index contributed by atoms with van der Waals surface area (Å²) in [4.78, 5) is 51.7. The third-order valence-corrected chi connectivity index (χ3v) is 8.14. The highest BCUT2D eigenvalue weighted by Gasteiger charge is 2.45. The van der Waals surface area contributed by atoms with Crippen LogP contribution < -0.4 is 9.80 Å². The number of halogens is 4. The molecule has 0 unspecified atom stereocenters. The summed E-state index contributed by atoms with van der Waals surface area (Å²) < 4.78 is 41.4. The minimum Gasteiger partial charge on any atom is -0.298 e. The lowest BCUT2D eigenvalue weighted by Gasteiger charge is -2.36. The molecule has 2 amide bonds. The highest BCUT2D eigenvalue weighted by atomic mass is 35.5. The predicted molar refractivity (Wildman–Crippen MR) is 152 cm³/mol. The van der Waals surface area contributed by atoms with Gasteiger partial charge in [-0.25, -0.2) is 23.1 Å². The van der Waals surface area contributed by atoms with Gasteiger partial charge in [-0.15, -0.1) is 0 Å². The van der Waals surface area contributed by atoms with Gasteiger partial charge in [-0.1, -0.05) is 35.9 Å². The molecule has 2 atom stereocenters. The van der Waals surface area contributed by atoms with Crippen molar-refractivity contribution in [2.24, 2.45) is 5.92 Å². The fourth-order valence-corrected chi connectivity index (χ4v) is 5.97. The predicted octanol–water partition coefficient (Wildman–Crippen LogP) is 6.20. The molecule has 0 bridgehead atoms. The molecule has 2 fully saturated rings. The number of carbonyl (C=O) groups is 3. The summed E-state index contributed by atoms with van der Waals surface area (Å²) in [6.07, 6.45) is 0.963. The first kappa shape index (κ1) is 30.2. The molecule has 2 aliphatic rings. The fourth-order valence-electron chi connectivity index (χ4n) is 5.73. The van der Waals surface area contributed by atoms with Crippen LogP contribution in [0.5, 0.6) is 0 Å². The van der Waals surface area contributed by atoms with E-state index in [0.29, 0.717) is 5.56 Å². The van der Waals surface area contributed by atoms with Crippen LogP contribution in [0.3, 0.4) is 0 Å². The van der Waals surface area contributed by atoms with Gasteiger partial charge in [0, 0.05) is 60.6 Å². The molecule has 0 radical (unpaired) electrons. The van der Waals surface area contributed by atoms with E-state index in [-0.39, 0.29) is 79.1 Å². The van der Waals surface area contributed by atoms with Crippen LogP contribution in [0, 0.1) is 23.1 Å². The second-order valence-electron chi connectivity index (χ2n) is 10.8. The smallest absolute Gasteiger partial charge is 0.248 e. The lowest BCUT2D eigenvalue weighted by molar-refractivity contribution is -0.128. The van der Waals surface area contributed by atoms with Gasteiger partial charge in [0.25, 0.3) is 0 Å². The van der Waals surface area contributed by atoms with Crippen molar-refractivity contribution < 1.29 is 27.6 Å². The molecule has 0 N–H and O–H groups in total. The molecule has 2 heterocycles. The maximum Gasteiger partial charge on any atom is 0.248 e. The number of hydrogen-bond donors (Lipinski definition) is 0. The number of Topliss-reactive ketones (excluding diaryl/α,β-unsaturated/α-hetero) is 1. The number of ketones is 1. The van der Waals surface area contributed by atoms with Crippen LogP contribution in [0.4, 0.5) is 24.8 Å². The van der Waals surface area contributed by atoms with E-state index in [0.717, 1.165) is 6.07 Å². The van der Waals surface area contributed by atoms with E-state index in [4.69, 9.17) is 11.6 Å². The maximum absolute atomic E-state index is 14.5. The van der Waals surface area contributed by atoms with Crippen molar-refractivity contribution in [1.29, 1.82) is 5.26 Å². The first-order valence-corrected chi connectivity index (χ1v) is 14.2. The van der Waals surface area contributed by atoms with Crippen molar-refractivity contribution in [3.63, 3.8) is 0 Å². The standard InChI is InChI=1S/C31H27ClF3N5O3/c32-25-7-2-1-6-24(25)29(26(41)10-8-19-16-31(34,35)17-19)39(22-5-3-4-20(33)14-22)28(43)15-23-9-11-27(42)40(23)30-37-13-12-21(18-36)38-30/h1-7,12-14,19,23,29H,8-11,15-17H2/t23-,29-/m0/s1. The van der Waals surface area contributed by atoms with Crippen LogP contribution in [0.25, 0.3) is 0 Å². The van der Waals surface area contributed by atoms with Crippen LogP contribution in [-0.2, 0) is 14.4 Å². The zero-order chi connectivity index (χ0) is 30.7. The van der Waals surface area contributed by atoms with Crippen molar-refractivity contribution in [3.8, 4) is 6.07 Å². The number of aromatic nitrogens is 2. The van der Waals surface area contributed by atoms with Gasteiger partial charge < -0.3 is 0 Å². The second kappa shape index (κ2) is 12.5. The Morgan fingerprint density at radius 3 is 2.63 bits per heavy atom. The summed E-state index contributed by atoms with van der Waals surface area (Å²) in [5.74, 6) is -5.09. The summed E-state index contributed by atoms with van der Waals surface area (Å²) >= 11 is 6.53. The SMILES string of the molecule is N#Cc1ccnc(N2C(=O)CC[C@H]2CC(=O)N(c2cccc(F)c2)[C@H](C(=O)CCC2CC(F)(F)C2)c2ccccc2Cl)n1. The first-order valence-electron chi connectivity index (χ1n) is 13.8. The zero-order valence-electron chi connectivity index (χ0n) is 22.9. The van der Waals surface area contributed by atoms with Crippen molar-refractivity contribution in [3.05, 3.63) is 82.9 Å². The highest BCUT2D eigenvalue weighted by Crippen LogP contribution is 2.45. The van der Waals surface area contributed by atoms with Crippen LogP contribution in [0.2, 0.25) is 5.02 Å². The Hall–Kier alpha value is -4.30. The molecule has 0 spiro atoms. The normalized spacial score (nSPS) is 18.5. The highest BCUT2D eigenvalue weighted by molar-refractivity contribution is 6.31. The molecule has 5 rings (SSSR count). The number of benzene rings is 2. The molecule has 2 aromatic carbocycles. The average molecular weight is 610 g/mol. The Bertz CT molecular complexity index is 1590. The first-order chi connectivity index (χ1) is 20.6. The van der Waals surface area contributed by atoms with Crippen molar-refractivity contribution in [2.45, 2.75) is 63.0 Å². The van der Waals surface area contributed by atoms with Gasteiger partial charge in [0.1, 0.15) is 23.6 Å². The summed E-state index contributed by atoms with van der Waals surface area (Å²) in [6, 6.07) is 13.0. The molecule has 1 saturated carbocycles. The summed E-state index contributed by atoms with van der Waals surface area (Å²) in [5, 5.41) is 9.45. The number of rotatable bonds is 10. The van der Waals surface area contributed by atoms with Gasteiger partial charge in [0.05, 0.1) is 0 Å². The van der Waals surface area contributed by atoms with E-state index >= 15 is 0 Å². The molecule has 1 aromatic heterocycles. The lowest BCUT2D eigenvalue weighted by Crippen LogP contribution is -2.44. The molecule has 222 valence electrons. The third kappa shape index (κ3) is 6.70. The Labute approximate surface area is 251 Å². The Balaban J connectivity index is 1.50. The quantitative estimate of drug-likeness (QED) is 0.271. The van der Waals surface area contributed by atoms with Gasteiger partial charge in [-0.2, -0.15) is 5.26 Å². The fraction of sp³-hybridized carbons (Fsp3) is 0.355. The summed E-state index contributed by atoms with van der Waals surface area (Å²) in [6.45, 7) is 0. The van der Waals surface area contributed by atoms with Crippen LogP contribution in [0.15, 0.2) is 60.8 Å². The summed E-state index contributed by atoms with van der Waals surface area (Å²) in [5.41, 5.74) is 0.442. The molecular formula is C31H27ClF3N5O3. The van der Waals surface area contributed by atoms with E-state index in [2.05, 4.69) is 9.97 Å². The van der Waals surface area contributed by atoms with E-state index in [1.807, 2.05) is 6.07 Å². The average Bonchev–Trinajstić information content (AvgIpc) is 3.33. The number of carbonyl (C=O) groups excluding carboxylic acids is 3. The van der Waals surface area contributed by atoms with Crippen molar-refractivity contribution in [2.75, 3.05) is 9.80 Å². The van der Waals surface area contributed by atoms with Crippen molar-refractivity contribution >= 4 is 40.8 Å². The van der Waals surface area contributed by atoms with Gasteiger partial charge >= 0.3 is 0 Å². The van der Waals surface area contributed by atoms with Gasteiger partial charge in [-0.05, 0) is 49.1 Å². The molecule has 12 heteroatoms. The number of alkyl halides is 2. The van der Waals surface area contributed by atoms with E-state index < -0.39 is 35.5 Å². The topological polar surface area (TPSA) is 107 Å². The van der Waals surface area contributed by atoms with Gasteiger partial charge in [0.2, 0.25) is 23.7 Å². The Morgan fingerprint density at radius 2 is 1.93 bits per heavy atom. The second-order valence-corrected chi connectivity index (χ2v) is 11.2. The van der Waals surface area contributed by atoms with E-state index in [1.165, 1.54) is 40.3 Å². The van der Waals surface area contributed by atoms with Gasteiger partial charge in [-0.3, -0.25) is 24.2 Å². The number of hydrogen-bond acceptors (Lipinski definition) is 6. The van der Waals surface area contributed by atoms with Crippen LogP contribution >= 0.6 is 11.6 Å². The minimum atomic E-state index is -2.74. The number of amides is 2. The molecule has 1 aliphatic heterocycles. The van der Waals surface area contributed by atoms with E-state index in [1.54, 1.807) is 24.3 Å². The molecule has 8 nitrogen and oxygen atoms in total.